The zero-order valence-electron chi connectivity index (χ0n) is 12.3. The second kappa shape index (κ2) is 6.71. The Morgan fingerprint density at radius 2 is 1.45 bits per heavy atom. The van der Waals surface area contributed by atoms with Crippen molar-refractivity contribution in [1.82, 2.24) is 0 Å². The first kappa shape index (κ1) is 19.1. The molecule has 0 amide bonds. The average molecular weight is 326 g/mol. The zero-order chi connectivity index (χ0) is 16.2. The largest absolute Gasteiger partial charge is 0.463 e. The number of ether oxygens (including phenoxy) is 1. The molecule has 0 radical (unpaired) electrons. The number of carbonyl (C=O) groups excluding carboxylic acids is 1. The number of sulfone groups is 2. The van der Waals surface area contributed by atoms with Gasteiger partial charge in [0.1, 0.15) is 0 Å². The smallest absolute Gasteiger partial charge is 0.333 e. The van der Waals surface area contributed by atoms with Gasteiger partial charge in [0.2, 0.25) is 0 Å². The second-order valence-corrected chi connectivity index (χ2v) is 10.1. The molecule has 20 heavy (non-hydrogen) atoms. The van der Waals surface area contributed by atoms with Crippen molar-refractivity contribution in [3.8, 4) is 0 Å². The third-order valence-corrected chi connectivity index (χ3v) is 9.14. The Bertz CT molecular complexity index is 537. The van der Waals surface area contributed by atoms with E-state index in [4.69, 9.17) is 4.74 Å². The van der Waals surface area contributed by atoms with E-state index >= 15 is 0 Å². The van der Waals surface area contributed by atoms with Gasteiger partial charge in [-0.25, -0.2) is 21.6 Å². The van der Waals surface area contributed by atoms with Crippen LogP contribution in [0.5, 0.6) is 0 Å². The van der Waals surface area contributed by atoms with Gasteiger partial charge >= 0.3 is 5.97 Å². The molecule has 0 fully saturated rings. The minimum absolute atomic E-state index is 0.107. The fourth-order valence-corrected chi connectivity index (χ4v) is 5.98. The quantitative estimate of drug-likeness (QED) is 0.489. The lowest BCUT2D eigenvalue weighted by molar-refractivity contribution is -0.138. The van der Waals surface area contributed by atoms with Crippen LogP contribution in [0.1, 0.15) is 34.1 Å². The molecule has 118 valence electrons. The summed E-state index contributed by atoms with van der Waals surface area (Å²) >= 11 is 0. The molecule has 0 unspecified atom stereocenters. The fraction of sp³-hybridized carbons (Fsp3) is 0.750. The molecule has 0 aliphatic heterocycles. The summed E-state index contributed by atoms with van der Waals surface area (Å²) in [5.74, 6) is -1.45. The molecule has 6 nitrogen and oxygen atoms in total. The minimum Gasteiger partial charge on any atom is -0.463 e. The van der Waals surface area contributed by atoms with Crippen LogP contribution in [0.4, 0.5) is 0 Å². The SMILES string of the molecule is C=C(CC(C)(S(=O)(=O)CC)S(=O)(=O)CC)C(=O)OCC. The molecular formula is C12H22O6S2. The summed E-state index contributed by atoms with van der Waals surface area (Å²) in [5, 5.41) is 0. The molecule has 0 aromatic carbocycles. The third-order valence-electron chi connectivity index (χ3n) is 3.17. The average Bonchev–Trinajstić information content (AvgIpc) is 2.38. The van der Waals surface area contributed by atoms with E-state index in [2.05, 4.69) is 6.58 Å². The molecule has 0 rings (SSSR count). The molecule has 0 N–H and O–H groups in total. The molecule has 0 spiro atoms. The van der Waals surface area contributed by atoms with Gasteiger partial charge in [0.15, 0.2) is 23.8 Å². The normalized spacial score (nSPS) is 13.0. The lowest BCUT2D eigenvalue weighted by atomic mass is 10.2. The Morgan fingerprint density at radius 3 is 1.75 bits per heavy atom. The Morgan fingerprint density at radius 1 is 1.05 bits per heavy atom. The summed E-state index contributed by atoms with van der Waals surface area (Å²) in [6.07, 6.45) is -0.488. The van der Waals surface area contributed by atoms with Gasteiger partial charge in [-0.05, 0) is 13.8 Å². The minimum atomic E-state index is -3.93. The van der Waals surface area contributed by atoms with Crippen LogP contribution in [0.2, 0.25) is 0 Å². The van der Waals surface area contributed by atoms with Gasteiger partial charge < -0.3 is 4.74 Å². The van der Waals surface area contributed by atoms with Gasteiger partial charge in [-0.1, -0.05) is 20.4 Å². The van der Waals surface area contributed by atoms with Gasteiger partial charge in [-0.3, -0.25) is 0 Å². The predicted octanol–water partition coefficient (Wildman–Crippen LogP) is 1.08. The predicted molar refractivity (Wildman–Crippen MR) is 77.7 cm³/mol. The van der Waals surface area contributed by atoms with Crippen molar-refractivity contribution in [2.75, 3.05) is 18.1 Å². The molecule has 8 heteroatoms. The first-order chi connectivity index (χ1) is 8.99. The Kier molecular flexibility index (Phi) is 6.41. The number of hydrogen-bond acceptors (Lipinski definition) is 6. The zero-order valence-corrected chi connectivity index (χ0v) is 13.9. The molecule has 0 aliphatic rings. The van der Waals surface area contributed by atoms with Crippen molar-refractivity contribution in [3.05, 3.63) is 12.2 Å². The van der Waals surface area contributed by atoms with Gasteiger partial charge in [-0.2, -0.15) is 0 Å². The molecule has 0 aromatic rings. The molecule has 0 saturated heterocycles. The van der Waals surface area contributed by atoms with E-state index in [0.29, 0.717) is 0 Å². The lowest BCUT2D eigenvalue weighted by Gasteiger charge is -2.28. The van der Waals surface area contributed by atoms with Crippen LogP contribution in [0.3, 0.4) is 0 Å². The van der Waals surface area contributed by atoms with Crippen molar-refractivity contribution >= 4 is 25.6 Å². The van der Waals surface area contributed by atoms with Crippen molar-refractivity contribution in [2.24, 2.45) is 0 Å². The number of carbonyl (C=O) groups is 1. The summed E-state index contributed by atoms with van der Waals surface area (Å²) in [6.45, 7) is 9.00. The topological polar surface area (TPSA) is 94.6 Å². The number of rotatable bonds is 8. The van der Waals surface area contributed by atoms with Gasteiger partial charge in [0.25, 0.3) is 0 Å². The van der Waals surface area contributed by atoms with Crippen LogP contribution >= 0.6 is 0 Å². The Labute approximate surface area is 121 Å². The summed E-state index contributed by atoms with van der Waals surface area (Å²) < 4.78 is 51.3. The van der Waals surface area contributed by atoms with Crippen LogP contribution in [0.15, 0.2) is 12.2 Å². The van der Waals surface area contributed by atoms with Crippen LogP contribution in [0, 0.1) is 0 Å². The molecule has 0 heterocycles. The van der Waals surface area contributed by atoms with E-state index in [-0.39, 0.29) is 23.7 Å². The summed E-state index contributed by atoms with van der Waals surface area (Å²) in [5.41, 5.74) is -0.164. The molecule has 0 aromatic heterocycles. The standard InChI is InChI=1S/C12H22O6S2/c1-6-18-11(13)10(4)9-12(5,19(14,15)7-2)20(16,17)8-3/h4,6-9H2,1-3,5H3. The van der Waals surface area contributed by atoms with Gasteiger partial charge in [0, 0.05) is 23.5 Å². The molecule has 0 atom stereocenters. The second-order valence-electron chi connectivity index (χ2n) is 4.44. The van der Waals surface area contributed by atoms with Gasteiger partial charge in [0.05, 0.1) is 6.61 Å². The fourth-order valence-electron chi connectivity index (χ4n) is 1.72. The van der Waals surface area contributed by atoms with E-state index in [0.717, 1.165) is 6.92 Å². The van der Waals surface area contributed by atoms with E-state index in [1.165, 1.54) is 13.8 Å². The first-order valence-electron chi connectivity index (χ1n) is 6.28. The maximum Gasteiger partial charge on any atom is 0.333 e. The van der Waals surface area contributed by atoms with Crippen molar-refractivity contribution in [3.63, 3.8) is 0 Å². The van der Waals surface area contributed by atoms with Crippen LogP contribution < -0.4 is 0 Å². The van der Waals surface area contributed by atoms with Crippen LogP contribution in [-0.4, -0.2) is 45.0 Å². The van der Waals surface area contributed by atoms with Crippen molar-refractivity contribution in [1.29, 1.82) is 0 Å². The Hall–Kier alpha value is -0.890. The summed E-state index contributed by atoms with van der Waals surface area (Å²) in [6, 6.07) is 0. The van der Waals surface area contributed by atoms with Crippen LogP contribution in [-0.2, 0) is 29.2 Å². The van der Waals surface area contributed by atoms with Crippen LogP contribution in [0.25, 0.3) is 0 Å². The highest BCUT2D eigenvalue weighted by atomic mass is 32.3. The first-order valence-corrected chi connectivity index (χ1v) is 9.59. The lowest BCUT2D eigenvalue weighted by Crippen LogP contribution is -2.46. The van der Waals surface area contributed by atoms with Crippen molar-refractivity contribution < 1.29 is 26.4 Å². The molecule has 0 bridgehead atoms. The highest BCUT2D eigenvalue weighted by Gasteiger charge is 2.49. The highest BCUT2D eigenvalue weighted by molar-refractivity contribution is 8.10. The van der Waals surface area contributed by atoms with Gasteiger partial charge in [-0.15, -0.1) is 0 Å². The number of esters is 1. The van der Waals surface area contributed by atoms with Crippen molar-refractivity contribution in [2.45, 2.75) is 38.2 Å². The Balaban J connectivity index is 5.74. The maximum atomic E-state index is 12.2. The molecule has 0 saturated carbocycles. The highest BCUT2D eigenvalue weighted by Crippen LogP contribution is 2.33. The molecule has 0 aliphatic carbocycles. The van der Waals surface area contributed by atoms with E-state index in [9.17, 15) is 21.6 Å². The van der Waals surface area contributed by atoms with E-state index in [1.54, 1.807) is 6.92 Å². The molecular weight excluding hydrogens is 304 g/mol. The third kappa shape index (κ3) is 3.60. The van der Waals surface area contributed by atoms with E-state index < -0.39 is 36.1 Å². The number of hydrogen-bond donors (Lipinski definition) is 0. The summed E-state index contributed by atoms with van der Waals surface area (Å²) in [4.78, 5) is 11.5. The van der Waals surface area contributed by atoms with E-state index in [1.807, 2.05) is 0 Å². The maximum absolute atomic E-state index is 12.2. The summed E-state index contributed by atoms with van der Waals surface area (Å²) in [7, 11) is -7.86. The monoisotopic (exact) mass is 326 g/mol.